The lowest BCUT2D eigenvalue weighted by Crippen LogP contribution is -2.42. The van der Waals surface area contributed by atoms with E-state index < -0.39 is 11.4 Å². The molecule has 0 aliphatic carbocycles. The third kappa shape index (κ3) is 4.97. The fraction of sp³-hybridized carbons (Fsp3) is 0.231. The third-order valence-corrected chi connectivity index (χ3v) is 6.76. The molecule has 180 valence electrons. The Hall–Kier alpha value is -4.10. The molecule has 9 nitrogen and oxygen atoms in total. The van der Waals surface area contributed by atoms with Crippen molar-refractivity contribution in [2.75, 3.05) is 18.0 Å². The summed E-state index contributed by atoms with van der Waals surface area (Å²) in [6.07, 6.45) is 1.40. The van der Waals surface area contributed by atoms with Crippen molar-refractivity contribution < 1.29 is 14.1 Å². The summed E-state index contributed by atoms with van der Waals surface area (Å²) in [5, 5.41) is 22.4. The van der Waals surface area contributed by atoms with Crippen LogP contribution in [0.3, 0.4) is 0 Å². The van der Waals surface area contributed by atoms with Crippen LogP contribution in [0.25, 0.3) is 11.6 Å². The number of hydrogen-bond acceptors (Lipinski definition) is 9. The smallest absolute Gasteiger partial charge is 0.338 e. The number of carbonyl (C=O) groups excluding carboxylic acids is 1. The van der Waals surface area contributed by atoms with E-state index in [0.717, 1.165) is 15.9 Å². The number of ether oxygens (including phenoxy) is 1. The van der Waals surface area contributed by atoms with Crippen LogP contribution in [-0.2, 0) is 16.8 Å². The summed E-state index contributed by atoms with van der Waals surface area (Å²) in [4.78, 5) is 18.4. The molecule has 0 N–H and O–H groups in total. The Labute approximate surface area is 215 Å². The summed E-state index contributed by atoms with van der Waals surface area (Å²) in [6, 6.07) is 22.8. The largest absolute Gasteiger partial charge is 0.454 e. The van der Waals surface area contributed by atoms with Gasteiger partial charge in [0.15, 0.2) is 18.1 Å². The van der Waals surface area contributed by atoms with Crippen molar-refractivity contribution in [3.05, 3.63) is 88.2 Å². The van der Waals surface area contributed by atoms with Crippen LogP contribution in [-0.4, -0.2) is 39.4 Å². The highest BCUT2D eigenvalue weighted by Gasteiger charge is 2.37. The molecule has 2 aromatic carbocycles. The Morgan fingerprint density at radius 1 is 1.06 bits per heavy atom. The number of nitrogens with zero attached hydrogens (tertiary/aromatic N) is 6. The molecule has 5 rings (SSSR count). The van der Waals surface area contributed by atoms with Gasteiger partial charge in [0.05, 0.1) is 17.0 Å². The van der Waals surface area contributed by atoms with Crippen molar-refractivity contribution in [1.29, 1.82) is 5.26 Å². The lowest BCUT2D eigenvalue weighted by molar-refractivity contribution is 0.0459. The second-order valence-electron chi connectivity index (χ2n) is 8.42. The maximum Gasteiger partial charge on any atom is 0.338 e. The summed E-state index contributed by atoms with van der Waals surface area (Å²) < 4.78 is 11.5. The summed E-state index contributed by atoms with van der Waals surface area (Å²) >= 11 is 3.45. The van der Waals surface area contributed by atoms with Crippen LogP contribution < -0.4 is 4.90 Å². The van der Waals surface area contributed by atoms with E-state index in [1.54, 1.807) is 30.3 Å². The molecule has 1 fully saturated rings. The first kappa shape index (κ1) is 23.6. The molecule has 1 saturated heterocycles. The minimum absolute atomic E-state index is 0.116. The van der Waals surface area contributed by atoms with Crippen molar-refractivity contribution in [1.82, 2.24) is 20.3 Å². The molecule has 3 heterocycles. The van der Waals surface area contributed by atoms with E-state index in [4.69, 9.17) is 9.26 Å². The van der Waals surface area contributed by atoms with Crippen LogP contribution >= 0.6 is 15.9 Å². The Morgan fingerprint density at radius 3 is 2.47 bits per heavy atom. The van der Waals surface area contributed by atoms with Gasteiger partial charge >= 0.3 is 5.97 Å². The zero-order valence-corrected chi connectivity index (χ0v) is 20.8. The quantitative estimate of drug-likeness (QED) is 0.318. The number of carbonyl (C=O) groups is 1. The lowest BCUT2D eigenvalue weighted by Gasteiger charge is -2.38. The predicted molar refractivity (Wildman–Crippen MR) is 134 cm³/mol. The Morgan fingerprint density at radius 2 is 1.81 bits per heavy atom. The number of esters is 1. The van der Waals surface area contributed by atoms with E-state index in [0.29, 0.717) is 37.2 Å². The summed E-state index contributed by atoms with van der Waals surface area (Å²) in [5.74, 6) is 0.681. The molecule has 1 aliphatic heterocycles. The van der Waals surface area contributed by atoms with Gasteiger partial charge in [0.2, 0.25) is 5.82 Å². The number of anilines is 1. The van der Waals surface area contributed by atoms with Gasteiger partial charge < -0.3 is 14.2 Å². The average Bonchev–Trinajstić information content (AvgIpc) is 3.42. The van der Waals surface area contributed by atoms with Crippen LogP contribution in [0.1, 0.15) is 34.6 Å². The second-order valence-corrected chi connectivity index (χ2v) is 9.34. The van der Waals surface area contributed by atoms with Gasteiger partial charge in [-0.3, -0.25) is 0 Å². The van der Waals surface area contributed by atoms with Crippen LogP contribution in [0.2, 0.25) is 0 Å². The number of halogens is 1. The van der Waals surface area contributed by atoms with Gasteiger partial charge in [-0.05, 0) is 54.8 Å². The van der Waals surface area contributed by atoms with E-state index in [2.05, 4.69) is 47.2 Å². The van der Waals surface area contributed by atoms with Crippen LogP contribution in [0, 0.1) is 11.3 Å². The minimum atomic E-state index is -0.505. The second kappa shape index (κ2) is 10.3. The fourth-order valence-corrected chi connectivity index (χ4v) is 4.43. The van der Waals surface area contributed by atoms with Crippen LogP contribution in [0.15, 0.2) is 75.7 Å². The highest BCUT2D eigenvalue weighted by Crippen LogP contribution is 2.36. The summed E-state index contributed by atoms with van der Waals surface area (Å²) in [7, 11) is 0. The van der Waals surface area contributed by atoms with Gasteiger partial charge in [0, 0.05) is 17.6 Å². The average molecular weight is 545 g/mol. The number of hydrogen-bond donors (Lipinski definition) is 0. The van der Waals surface area contributed by atoms with Gasteiger partial charge in [-0.2, -0.15) is 10.2 Å². The van der Waals surface area contributed by atoms with Crippen molar-refractivity contribution in [3.8, 4) is 17.7 Å². The zero-order valence-electron chi connectivity index (χ0n) is 19.2. The molecule has 0 unspecified atom stereocenters. The molecule has 0 bridgehead atoms. The van der Waals surface area contributed by atoms with E-state index in [1.807, 2.05) is 36.4 Å². The SMILES string of the molecule is N#CC1(c2ccc(Br)cc2)CCN(c2ccc(-c3nc(COC(=O)c4ccccc4)no3)nn2)CC1. The van der Waals surface area contributed by atoms with E-state index in [-0.39, 0.29) is 18.3 Å². The molecule has 10 heteroatoms. The molecule has 36 heavy (non-hydrogen) atoms. The number of rotatable bonds is 6. The first-order valence-corrected chi connectivity index (χ1v) is 12.2. The number of piperidine rings is 1. The van der Waals surface area contributed by atoms with Crippen molar-refractivity contribution in [3.63, 3.8) is 0 Å². The lowest BCUT2D eigenvalue weighted by atomic mass is 9.74. The molecule has 2 aromatic heterocycles. The standard InChI is InChI=1S/C26H21BrN6O3/c27-20-8-6-19(7-9-20)26(17-28)12-14-33(15-13-26)23-11-10-21(30-31-23)24-29-22(32-36-24)16-35-25(34)18-4-2-1-3-5-18/h1-11H,12-16H2. The summed E-state index contributed by atoms with van der Waals surface area (Å²) in [5.41, 5.74) is 1.40. The fourth-order valence-electron chi connectivity index (χ4n) is 4.16. The summed E-state index contributed by atoms with van der Waals surface area (Å²) in [6.45, 7) is 1.26. The Bertz CT molecular complexity index is 1380. The molecular weight excluding hydrogens is 524 g/mol. The first-order valence-electron chi connectivity index (χ1n) is 11.4. The normalized spacial score (nSPS) is 14.7. The Kier molecular flexibility index (Phi) is 6.73. The van der Waals surface area contributed by atoms with E-state index in [9.17, 15) is 10.1 Å². The Balaban J connectivity index is 1.20. The molecule has 0 spiro atoms. The first-order chi connectivity index (χ1) is 17.6. The maximum absolute atomic E-state index is 12.1. The molecule has 0 atom stereocenters. The molecular formula is C26H21BrN6O3. The number of aromatic nitrogens is 4. The molecule has 4 aromatic rings. The number of nitriles is 1. The van der Waals surface area contributed by atoms with Crippen LogP contribution in [0.4, 0.5) is 5.82 Å². The van der Waals surface area contributed by atoms with Crippen molar-refractivity contribution >= 4 is 27.7 Å². The number of benzene rings is 2. The molecule has 1 aliphatic rings. The highest BCUT2D eigenvalue weighted by atomic mass is 79.9. The van der Waals surface area contributed by atoms with E-state index in [1.165, 1.54) is 0 Å². The molecule has 0 radical (unpaired) electrons. The zero-order chi connectivity index (χ0) is 25.0. The topological polar surface area (TPSA) is 118 Å². The highest BCUT2D eigenvalue weighted by molar-refractivity contribution is 9.10. The van der Waals surface area contributed by atoms with Crippen LogP contribution in [0.5, 0.6) is 0 Å². The molecule has 0 amide bonds. The molecule has 0 saturated carbocycles. The van der Waals surface area contributed by atoms with Gasteiger partial charge in [0.1, 0.15) is 0 Å². The van der Waals surface area contributed by atoms with Crippen molar-refractivity contribution in [2.24, 2.45) is 0 Å². The van der Waals surface area contributed by atoms with Crippen molar-refractivity contribution in [2.45, 2.75) is 24.9 Å². The van der Waals surface area contributed by atoms with E-state index >= 15 is 0 Å². The monoisotopic (exact) mass is 544 g/mol. The van der Waals surface area contributed by atoms with Gasteiger partial charge in [-0.25, -0.2) is 4.79 Å². The minimum Gasteiger partial charge on any atom is -0.454 e. The predicted octanol–water partition coefficient (Wildman–Crippen LogP) is 4.71. The van der Waals surface area contributed by atoms with Gasteiger partial charge in [-0.15, -0.1) is 10.2 Å². The van der Waals surface area contributed by atoms with Gasteiger partial charge in [-0.1, -0.05) is 51.4 Å². The maximum atomic E-state index is 12.1. The third-order valence-electron chi connectivity index (χ3n) is 6.23. The van der Waals surface area contributed by atoms with Gasteiger partial charge in [0.25, 0.3) is 5.89 Å².